The van der Waals surface area contributed by atoms with Gasteiger partial charge in [0, 0.05) is 48.5 Å². The van der Waals surface area contributed by atoms with Crippen LogP contribution in [-0.2, 0) is 24.9 Å². The zero-order chi connectivity index (χ0) is 42.5. The van der Waals surface area contributed by atoms with Crippen molar-refractivity contribution in [1.82, 2.24) is 30.0 Å². The first kappa shape index (κ1) is 45.2. The van der Waals surface area contributed by atoms with Gasteiger partial charge in [0.1, 0.15) is 27.8 Å². The fourth-order valence-corrected chi connectivity index (χ4v) is 5.90. The number of hydrogen-bond donors (Lipinski definition) is 1. The standard InChI is InChI=1S/2C19H16N3O.C11H20O2.Ir/c2*1-13(2)23-19-12-11-18(14-7-3-4-8-15(14)19)22-20-16-9-5-6-10-17(16)21-22;1-10(2,3)8(12)7-9(13)11(4,5)6;/h2*3-10,12-13H,1-2H3;7,12H,1-6H3;/q2*-1;;. The number of aliphatic hydroxyl groups is 1. The summed E-state index contributed by atoms with van der Waals surface area (Å²) >= 11 is 0. The van der Waals surface area contributed by atoms with Crippen molar-refractivity contribution in [2.45, 2.75) is 81.4 Å². The summed E-state index contributed by atoms with van der Waals surface area (Å²) in [6.45, 7) is 19.2. The van der Waals surface area contributed by atoms with Crippen LogP contribution in [-0.4, -0.2) is 53.1 Å². The maximum atomic E-state index is 11.5. The third-order valence-corrected chi connectivity index (χ3v) is 9.05. The number of carbonyl (C=O) groups excluding carboxylic acids is 1. The van der Waals surface area contributed by atoms with Crippen molar-refractivity contribution < 1.29 is 39.5 Å². The van der Waals surface area contributed by atoms with Gasteiger partial charge in [-0.05, 0) is 63.3 Å². The molecule has 6 aromatic carbocycles. The molecule has 0 saturated heterocycles. The van der Waals surface area contributed by atoms with Gasteiger partial charge < -0.3 is 14.6 Å². The van der Waals surface area contributed by atoms with Crippen LogP contribution in [0.25, 0.3) is 55.0 Å². The van der Waals surface area contributed by atoms with Gasteiger partial charge >= 0.3 is 0 Å². The van der Waals surface area contributed by atoms with Crippen LogP contribution < -0.4 is 9.47 Å². The predicted molar refractivity (Wildman–Crippen MR) is 237 cm³/mol. The van der Waals surface area contributed by atoms with Crippen molar-refractivity contribution >= 4 is 49.4 Å². The number of carbonyl (C=O) groups is 1. The molecule has 1 N–H and O–H groups in total. The third kappa shape index (κ3) is 10.8. The Morgan fingerprint density at radius 3 is 1.18 bits per heavy atom. The van der Waals surface area contributed by atoms with E-state index in [2.05, 4.69) is 32.5 Å². The van der Waals surface area contributed by atoms with E-state index in [1.54, 1.807) is 9.59 Å². The first-order valence-corrected chi connectivity index (χ1v) is 19.8. The van der Waals surface area contributed by atoms with Crippen molar-refractivity contribution in [2.24, 2.45) is 10.8 Å². The normalized spacial score (nSPS) is 11.9. The second kappa shape index (κ2) is 19.0. The number of benzene rings is 6. The molecule has 0 amide bonds. The second-order valence-corrected chi connectivity index (χ2v) is 16.8. The van der Waals surface area contributed by atoms with Crippen molar-refractivity contribution in [3.05, 3.63) is 133 Å². The molecule has 0 aliphatic rings. The first-order chi connectivity index (χ1) is 28.0. The number of aliphatic hydroxyl groups excluding tert-OH is 1. The smallest absolute Gasteiger partial charge is 0.164 e. The summed E-state index contributed by atoms with van der Waals surface area (Å²) in [4.78, 5) is 14.8. The van der Waals surface area contributed by atoms with E-state index in [1.165, 1.54) is 6.08 Å². The summed E-state index contributed by atoms with van der Waals surface area (Å²) in [6.07, 6.45) is 1.56. The molecule has 8 aromatic rings. The third-order valence-electron chi connectivity index (χ3n) is 9.05. The minimum Gasteiger partial charge on any atom is -0.548 e. The van der Waals surface area contributed by atoms with Crippen molar-refractivity contribution in [3.63, 3.8) is 0 Å². The van der Waals surface area contributed by atoms with Gasteiger partial charge in [-0.1, -0.05) is 124 Å². The minimum atomic E-state index is -0.417. The Morgan fingerprint density at radius 2 is 0.883 bits per heavy atom. The molecule has 0 aliphatic heterocycles. The molecule has 0 fully saturated rings. The van der Waals surface area contributed by atoms with Crippen molar-refractivity contribution in [2.75, 3.05) is 0 Å². The molecule has 0 atom stereocenters. The van der Waals surface area contributed by atoms with E-state index in [1.807, 2.05) is 178 Å². The van der Waals surface area contributed by atoms with E-state index in [9.17, 15) is 9.90 Å². The van der Waals surface area contributed by atoms with Crippen LogP contribution in [0, 0.1) is 23.0 Å². The molecule has 0 unspecified atom stereocenters. The Morgan fingerprint density at radius 1 is 0.567 bits per heavy atom. The average Bonchev–Trinajstić information content (AvgIpc) is 3.82. The molecule has 0 bridgehead atoms. The number of hydrogen-bond acceptors (Lipinski definition) is 8. The summed E-state index contributed by atoms with van der Waals surface area (Å²) in [7, 11) is 0. The molecule has 11 heteroatoms. The van der Waals surface area contributed by atoms with Gasteiger partial charge in [0.05, 0.1) is 12.2 Å². The van der Waals surface area contributed by atoms with E-state index in [0.717, 1.165) is 66.5 Å². The van der Waals surface area contributed by atoms with Crippen LogP contribution in [0.4, 0.5) is 0 Å². The Bertz CT molecular complexity index is 2530. The topological polar surface area (TPSA) is 117 Å². The molecular weight excluding hydrogens is 929 g/mol. The van der Waals surface area contributed by atoms with Gasteiger partial charge in [0.2, 0.25) is 0 Å². The zero-order valence-electron chi connectivity index (χ0n) is 35.8. The molecule has 60 heavy (non-hydrogen) atoms. The molecule has 1 radical (unpaired) electrons. The quantitative estimate of drug-likeness (QED) is 0.0953. The van der Waals surface area contributed by atoms with Crippen LogP contribution in [0.1, 0.15) is 69.2 Å². The van der Waals surface area contributed by atoms with E-state index >= 15 is 0 Å². The fraction of sp³-hybridized carbons (Fsp3) is 0.286. The monoisotopic (exact) mass is 981 g/mol. The SMILES string of the molecule is CC(C)(C)C(=O)C=C(O)C(C)(C)C.CC(C)Oc1c[c-]c(-n2nc3ccccc3n2)c2ccccc12.CC(C)Oc1c[c-]c(-n2nc3ccccc3n2)c2ccccc12.[Ir]. The summed E-state index contributed by atoms with van der Waals surface area (Å²) < 4.78 is 11.8. The van der Waals surface area contributed by atoms with Gasteiger partial charge in [-0.3, -0.25) is 4.79 Å². The van der Waals surface area contributed by atoms with Crippen LogP contribution in [0.2, 0.25) is 0 Å². The van der Waals surface area contributed by atoms with Crippen LogP contribution in [0.3, 0.4) is 0 Å². The number of fused-ring (bicyclic) bond motifs is 4. The molecule has 0 aliphatic carbocycles. The van der Waals surface area contributed by atoms with E-state index in [0.29, 0.717) is 0 Å². The van der Waals surface area contributed by atoms with E-state index in [-0.39, 0.29) is 49.3 Å². The Balaban J connectivity index is 0.000000177. The first-order valence-electron chi connectivity index (χ1n) is 19.8. The number of ketones is 1. The minimum absolute atomic E-state index is 0. The van der Waals surface area contributed by atoms with Crippen molar-refractivity contribution in [1.29, 1.82) is 0 Å². The van der Waals surface area contributed by atoms with E-state index in [4.69, 9.17) is 9.47 Å². The number of rotatable bonds is 7. The number of aromatic nitrogens is 6. The summed E-state index contributed by atoms with van der Waals surface area (Å²) in [5.74, 6) is 1.76. The van der Waals surface area contributed by atoms with Gasteiger partial charge in [-0.2, -0.15) is 42.1 Å². The van der Waals surface area contributed by atoms with Crippen LogP contribution in [0.5, 0.6) is 11.5 Å². The Kier molecular flexibility index (Phi) is 14.3. The number of nitrogens with zero attached hydrogens (tertiary/aromatic N) is 6. The van der Waals surface area contributed by atoms with Crippen LogP contribution >= 0.6 is 0 Å². The summed E-state index contributed by atoms with van der Waals surface area (Å²) in [5, 5.41) is 31.9. The predicted octanol–water partition coefficient (Wildman–Crippen LogP) is 11.4. The van der Waals surface area contributed by atoms with Gasteiger partial charge in [0.15, 0.2) is 5.78 Å². The van der Waals surface area contributed by atoms with Crippen molar-refractivity contribution in [3.8, 4) is 22.9 Å². The zero-order valence-corrected chi connectivity index (χ0v) is 38.2. The fourth-order valence-electron chi connectivity index (χ4n) is 5.90. The van der Waals surface area contributed by atoms with Gasteiger partial charge in [-0.25, -0.2) is 0 Å². The molecule has 2 aromatic heterocycles. The molecule has 0 saturated carbocycles. The molecule has 10 nitrogen and oxygen atoms in total. The largest absolute Gasteiger partial charge is 0.548 e. The Labute approximate surface area is 365 Å². The van der Waals surface area contributed by atoms with Gasteiger partial charge in [-0.15, -0.1) is 24.3 Å². The maximum Gasteiger partial charge on any atom is 0.164 e. The van der Waals surface area contributed by atoms with E-state index < -0.39 is 5.41 Å². The maximum absolute atomic E-state index is 11.5. The average molecular weight is 981 g/mol. The summed E-state index contributed by atoms with van der Waals surface area (Å²) in [6, 6.07) is 42.2. The molecule has 313 valence electrons. The molecular formula is C49H52IrN6O4-2. The molecule has 8 rings (SSSR count). The molecule has 0 spiro atoms. The summed E-state index contributed by atoms with van der Waals surface area (Å²) in [5.41, 5.74) is 4.36. The number of allylic oxidation sites excluding steroid dienone is 2. The Hall–Kier alpha value is -5.90. The number of ether oxygens (including phenoxy) is 2. The second-order valence-electron chi connectivity index (χ2n) is 16.8. The molecule has 2 heterocycles. The van der Waals surface area contributed by atoms with Gasteiger partial charge in [0.25, 0.3) is 0 Å². The van der Waals surface area contributed by atoms with Crippen LogP contribution in [0.15, 0.2) is 121 Å².